The Morgan fingerprint density at radius 1 is 1.37 bits per heavy atom. The molecule has 1 atom stereocenters. The minimum Gasteiger partial charge on any atom is -0.494 e. The summed E-state index contributed by atoms with van der Waals surface area (Å²) in [5.41, 5.74) is 0.744. The molecule has 1 fully saturated rings. The van der Waals surface area contributed by atoms with Crippen molar-refractivity contribution >= 4 is 0 Å². The third-order valence-electron chi connectivity index (χ3n) is 4.08. The maximum atomic E-state index is 14.4. The van der Waals surface area contributed by atoms with Crippen LogP contribution in [0.15, 0.2) is 18.2 Å². The summed E-state index contributed by atoms with van der Waals surface area (Å²) in [5, 5.41) is 3.42. The smallest absolute Gasteiger partial charge is 0.169 e. The van der Waals surface area contributed by atoms with Crippen LogP contribution in [0, 0.1) is 11.7 Å². The zero-order valence-electron chi connectivity index (χ0n) is 11.9. The minimum absolute atomic E-state index is 0.100. The molecule has 3 heteroatoms. The van der Waals surface area contributed by atoms with Gasteiger partial charge < -0.3 is 10.1 Å². The van der Waals surface area contributed by atoms with Crippen LogP contribution in [0.25, 0.3) is 0 Å². The predicted octanol–water partition coefficient (Wildman–Crippen LogP) is 4.07. The topological polar surface area (TPSA) is 21.3 Å². The number of rotatable bonds is 6. The molecule has 1 aromatic carbocycles. The van der Waals surface area contributed by atoms with E-state index in [9.17, 15) is 4.39 Å². The van der Waals surface area contributed by atoms with Gasteiger partial charge in [0.1, 0.15) is 0 Å². The second kappa shape index (κ2) is 6.90. The van der Waals surface area contributed by atoms with E-state index in [1.807, 2.05) is 12.1 Å². The largest absolute Gasteiger partial charge is 0.494 e. The first kappa shape index (κ1) is 14.3. The molecule has 1 aliphatic carbocycles. The lowest BCUT2D eigenvalue weighted by atomic mass is 9.93. The fraction of sp³-hybridized carbons (Fsp3) is 0.625. The molecule has 1 aromatic rings. The molecule has 0 aliphatic heterocycles. The van der Waals surface area contributed by atoms with Gasteiger partial charge in [0, 0.05) is 11.6 Å². The normalized spacial score (nSPS) is 17.6. The molecule has 106 valence electrons. The van der Waals surface area contributed by atoms with E-state index >= 15 is 0 Å². The van der Waals surface area contributed by atoms with Crippen molar-refractivity contribution in [2.45, 2.75) is 45.1 Å². The lowest BCUT2D eigenvalue weighted by Gasteiger charge is -2.23. The van der Waals surface area contributed by atoms with Crippen molar-refractivity contribution in [1.82, 2.24) is 5.32 Å². The SMILES string of the molecule is CCNC(CC1CCCC1)c1cccc(OC)c1F. The second-order valence-electron chi connectivity index (χ2n) is 5.36. The number of halogens is 1. The number of ether oxygens (including phenoxy) is 1. The van der Waals surface area contributed by atoms with Gasteiger partial charge in [-0.25, -0.2) is 4.39 Å². The van der Waals surface area contributed by atoms with Crippen LogP contribution in [0.4, 0.5) is 4.39 Å². The molecule has 1 N–H and O–H groups in total. The summed E-state index contributed by atoms with van der Waals surface area (Å²) in [6, 6.07) is 5.52. The van der Waals surface area contributed by atoms with Gasteiger partial charge in [0.15, 0.2) is 11.6 Å². The first-order valence-electron chi connectivity index (χ1n) is 7.32. The number of hydrogen-bond acceptors (Lipinski definition) is 2. The van der Waals surface area contributed by atoms with Gasteiger partial charge in [-0.3, -0.25) is 0 Å². The van der Waals surface area contributed by atoms with E-state index in [-0.39, 0.29) is 11.9 Å². The van der Waals surface area contributed by atoms with Crippen LogP contribution in [-0.4, -0.2) is 13.7 Å². The van der Waals surface area contributed by atoms with Crippen LogP contribution in [0.5, 0.6) is 5.75 Å². The van der Waals surface area contributed by atoms with Crippen LogP contribution in [0.2, 0.25) is 0 Å². The summed E-state index contributed by atoms with van der Waals surface area (Å²) < 4.78 is 19.4. The van der Waals surface area contributed by atoms with Crippen molar-refractivity contribution in [2.24, 2.45) is 5.92 Å². The lowest BCUT2D eigenvalue weighted by molar-refractivity contribution is 0.364. The molecule has 2 nitrogen and oxygen atoms in total. The zero-order valence-corrected chi connectivity index (χ0v) is 11.9. The van der Waals surface area contributed by atoms with E-state index in [4.69, 9.17) is 4.74 Å². The average molecular weight is 265 g/mol. The molecule has 0 aromatic heterocycles. The van der Waals surface area contributed by atoms with E-state index in [0.29, 0.717) is 5.75 Å². The van der Waals surface area contributed by atoms with E-state index in [2.05, 4.69) is 12.2 Å². The maximum Gasteiger partial charge on any atom is 0.169 e. The van der Waals surface area contributed by atoms with Gasteiger partial charge in [-0.2, -0.15) is 0 Å². The number of methoxy groups -OCH3 is 1. The van der Waals surface area contributed by atoms with Crippen LogP contribution in [-0.2, 0) is 0 Å². The number of nitrogens with one attached hydrogen (secondary N) is 1. The fourth-order valence-electron chi connectivity index (χ4n) is 3.10. The maximum absolute atomic E-state index is 14.4. The summed E-state index contributed by atoms with van der Waals surface area (Å²) in [5.74, 6) is 0.857. The van der Waals surface area contributed by atoms with E-state index in [1.54, 1.807) is 6.07 Å². The Balaban J connectivity index is 2.17. The molecule has 1 unspecified atom stereocenters. The zero-order chi connectivity index (χ0) is 13.7. The average Bonchev–Trinajstić information content (AvgIpc) is 2.91. The van der Waals surface area contributed by atoms with Crippen molar-refractivity contribution in [1.29, 1.82) is 0 Å². The Kier molecular flexibility index (Phi) is 5.20. The Morgan fingerprint density at radius 2 is 2.11 bits per heavy atom. The first-order valence-corrected chi connectivity index (χ1v) is 7.32. The van der Waals surface area contributed by atoms with Crippen molar-refractivity contribution in [3.05, 3.63) is 29.6 Å². The van der Waals surface area contributed by atoms with E-state index in [1.165, 1.54) is 32.8 Å². The lowest BCUT2D eigenvalue weighted by Crippen LogP contribution is -2.24. The highest BCUT2D eigenvalue weighted by Gasteiger charge is 2.23. The quantitative estimate of drug-likeness (QED) is 0.837. The van der Waals surface area contributed by atoms with Crippen molar-refractivity contribution in [3.63, 3.8) is 0 Å². The molecule has 2 rings (SSSR count). The third kappa shape index (κ3) is 3.47. The van der Waals surface area contributed by atoms with Crippen molar-refractivity contribution < 1.29 is 9.13 Å². The molecule has 19 heavy (non-hydrogen) atoms. The number of hydrogen-bond donors (Lipinski definition) is 1. The van der Waals surface area contributed by atoms with Gasteiger partial charge in [0.25, 0.3) is 0 Å². The first-order chi connectivity index (χ1) is 9.26. The molecular formula is C16H24FNO. The molecule has 0 saturated heterocycles. The van der Waals surface area contributed by atoms with E-state index in [0.717, 1.165) is 24.4 Å². The van der Waals surface area contributed by atoms with Crippen molar-refractivity contribution in [3.8, 4) is 5.75 Å². The molecule has 0 heterocycles. The molecular weight excluding hydrogens is 241 g/mol. The summed E-state index contributed by atoms with van der Waals surface area (Å²) >= 11 is 0. The monoisotopic (exact) mass is 265 g/mol. The third-order valence-corrected chi connectivity index (χ3v) is 4.08. The Labute approximate surface area is 115 Å². The number of benzene rings is 1. The van der Waals surface area contributed by atoms with Crippen LogP contribution < -0.4 is 10.1 Å². The molecule has 0 bridgehead atoms. The standard InChI is InChI=1S/C16H24FNO/c1-3-18-14(11-12-7-4-5-8-12)13-9-6-10-15(19-2)16(13)17/h6,9-10,12,14,18H,3-5,7-8,11H2,1-2H3. The predicted molar refractivity (Wildman–Crippen MR) is 75.9 cm³/mol. The van der Waals surface area contributed by atoms with Crippen LogP contribution in [0.1, 0.15) is 50.6 Å². The van der Waals surface area contributed by atoms with E-state index < -0.39 is 0 Å². The molecule has 0 radical (unpaired) electrons. The highest BCUT2D eigenvalue weighted by atomic mass is 19.1. The fourth-order valence-corrected chi connectivity index (χ4v) is 3.10. The highest BCUT2D eigenvalue weighted by Crippen LogP contribution is 2.35. The summed E-state index contributed by atoms with van der Waals surface area (Å²) in [6.45, 7) is 2.92. The van der Waals surface area contributed by atoms with Gasteiger partial charge in [-0.15, -0.1) is 0 Å². The van der Waals surface area contributed by atoms with Crippen molar-refractivity contribution in [2.75, 3.05) is 13.7 Å². The molecule has 1 saturated carbocycles. The summed E-state index contributed by atoms with van der Waals surface area (Å²) in [6.07, 6.45) is 6.24. The summed E-state index contributed by atoms with van der Waals surface area (Å²) in [7, 11) is 1.52. The van der Waals surface area contributed by atoms with Gasteiger partial charge in [0.2, 0.25) is 0 Å². The molecule has 0 spiro atoms. The summed E-state index contributed by atoms with van der Waals surface area (Å²) in [4.78, 5) is 0. The molecule has 1 aliphatic rings. The Bertz CT molecular complexity index is 402. The van der Waals surface area contributed by atoms with Gasteiger partial charge in [-0.05, 0) is 24.9 Å². The van der Waals surface area contributed by atoms with Gasteiger partial charge in [0.05, 0.1) is 7.11 Å². The van der Waals surface area contributed by atoms with Gasteiger partial charge >= 0.3 is 0 Å². The molecule has 0 amide bonds. The Hall–Kier alpha value is -1.09. The Morgan fingerprint density at radius 3 is 2.74 bits per heavy atom. The minimum atomic E-state index is -0.214. The van der Waals surface area contributed by atoms with Crippen LogP contribution >= 0.6 is 0 Å². The van der Waals surface area contributed by atoms with Crippen LogP contribution in [0.3, 0.4) is 0 Å². The van der Waals surface area contributed by atoms with Gasteiger partial charge in [-0.1, -0.05) is 44.7 Å². The second-order valence-corrected chi connectivity index (χ2v) is 5.36. The highest BCUT2D eigenvalue weighted by molar-refractivity contribution is 5.33.